The van der Waals surface area contributed by atoms with E-state index >= 15 is 0 Å². The molecular weight excluding hydrogens is 350 g/mol. The summed E-state index contributed by atoms with van der Waals surface area (Å²) in [6.45, 7) is 3.82. The highest BCUT2D eigenvalue weighted by molar-refractivity contribution is 6.05. The average Bonchev–Trinajstić information content (AvgIpc) is 3.19. The lowest BCUT2D eigenvalue weighted by Gasteiger charge is -2.08. The van der Waals surface area contributed by atoms with E-state index < -0.39 is 0 Å². The molecule has 6 nitrogen and oxygen atoms in total. The summed E-state index contributed by atoms with van der Waals surface area (Å²) in [5, 5.41) is 2.79. The summed E-state index contributed by atoms with van der Waals surface area (Å²) in [6, 6.07) is 13.8. The van der Waals surface area contributed by atoms with Crippen LogP contribution in [-0.2, 0) is 4.79 Å². The molecule has 0 bridgehead atoms. The third-order valence-electron chi connectivity index (χ3n) is 4.45. The van der Waals surface area contributed by atoms with E-state index in [2.05, 4.69) is 56.4 Å². The molecule has 6 heteroatoms. The highest BCUT2D eigenvalue weighted by Crippen LogP contribution is 2.28. The van der Waals surface area contributed by atoms with Crippen molar-refractivity contribution in [2.45, 2.75) is 20.3 Å². The molecule has 0 aliphatic heterocycles. The Morgan fingerprint density at radius 2 is 1.79 bits per heavy atom. The van der Waals surface area contributed by atoms with Crippen LogP contribution >= 0.6 is 0 Å². The predicted molar refractivity (Wildman–Crippen MR) is 108 cm³/mol. The Morgan fingerprint density at radius 3 is 2.54 bits per heavy atom. The summed E-state index contributed by atoms with van der Waals surface area (Å²) in [5.74, 6) is 0.964. The maximum absolute atomic E-state index is 12.7. The molecule has 0 fully saturated rings. The Balaban J connectivity index is 1.48. The van der Waals surface area contributed by atoms with Crippen LogP contribution in [0.25, 0.3) is 17.1 Å². The molecule has 1 amide bonds. The zero-order chi connectivity index (χ0) is 19.5. The van der Waals surface area contributed by atoms with Crippen molar-refractivity contribution in [3.8, 4) is 11.5 Å². The summed E-state index contributed by atoms with van der Waals surface area (Å²) in [7, 11) is 0. The van der Waals surface area contributed by atoms with Gasteiger partial charge in [-0.05, 0) is 37.1 Å². The first-order valence-electron chi connectivity index (χ1n) is 9.01. The van der Waals surface area contributed by atoms with Crippen LogP contribution in [0, 0.1) is 13.8 Å². The Hall–Kier alpha value is -3.67. The zero-order valence-electron chi connectivity index (χ0n) is 15.7. The third-order valence-corrected chi connectivity index (χ3v) is 4.45. The van der Waals surface area contributed by atoms with Crippen molar-refractivity contribution in [3.05, 3.63) is 83.3 Å². The standard InChI is InChI=1S/C22H19N5O/c1-14-6-8-16(9-7-14)17-10-11-18(13-17)21(28)27-22-25-15(2)24-20(26-22)19-5-3-4-12-23-19/h3-12H,13H2,1-2H3,(H,24,25,26,27,28). The number of amides is 1. The van der Waals surface area contributed by atoms with E-state index in [9.17, 15) is 4.79 Å². The highest BCUT2D eigenvalue weighted by Gasteiger charge is 2.18. The minimum Gasteiger partial charge on any atom is -0.291 e. The lowest BCUT2D eigenvalue weighted by atomic mass is 10.0. The first kappa shape index (κ1) is 17.7. The van der Waals surface area contributed by atoms with Crippen molar-refractivity contribution < 1.29 is 4.79 Å². The molecular formula is C22H19N5O. The molecule has 0 saturated carbocycles. The molecule has 0 saturated heterocycles. The van der Waals surface area contributed by atoms with E-state index in [4.69, 9.17) is 0 Å². The second-order valence-corrected chi connectivity index (χ2v) is 6.63. The fourth-order valence-electron chi connectivity index (χ4n) is 2.98. The lowest BCUT2D eigenvalue weighted by Crippen LogP contribution is -2.17. The summed E-state index contributed by atoms with van der Waals surface area (Å²) in [4.78, 5) is 29.8. The number of pyridine rings is 1. The molecule has 0 unspecified atom stereocenters. The molecule has 1 aliphatic rings. The minimum atomic E-state index is -0.212. The van der Waals surface area contributed by atoms with Gasteiger partial charge >= 0.3 is 0 Å². The molecule has 4 rings (SSSR count). The molecule has 1 aliphatic carbocycles. The second kappa shape index (κ2) is 7.52. The second-order valence-electron chi connectivity index (χ2n) is 6.63. The van der Waals surface area contributed by atoms with E-state index in [0.717, 1.165) is 11.1 Å². The van der Waals surface area contributed by atoms with Gasteiger partial charge in [0, 0.05) is 18.2 Å². The average molecular weight is 369 g/mol. The van der Waals surface area contributed by atoms with Crippen LogP contribution in [0.3, 0.4) is 0 Å². The van der Waals surface area contributed by atoms with Gasteiger partial charge in [-0.2, -0.15) is 9.97 Å². The van der Waals surface area contributed by atoms with Crippen molar-refractivity contribution in [1.29, 1.82) is 0 Å². The molecule has 28 heavy (non-hydrogen) atoms. The van der Waals surface area contributed by atoms with E-state index in [1.807, 2.05) is 30.4 Å². The van der Waals surface area contributed by atoms with E-state index in [1.54, 1.807) is 13.1 Å². The van der Waals surface area contributed by atoms with Gasteiger partial charge in [0.15, 0.2) is 5.82 Å². The number of aromatic nitrogens is 4. The van der Waals surface area contributed by atoms with Crippen LogP contribution in [0.5, 0.6) is 0 Å². The van der Waals surface area contributed by atoms with Crippen molar-refractivity contribution >= 4 is 17.4 Å². The first-order valence-corrected chi connectivity index (χ1v) is 9.01. The number of allylic oxidation sites excluding steroid dienone is 3. The number of carbonyl (C=O) groups excluding carboxylic acids is 1. The number of benzene rings is 1. The van der Waals surface area contributed by atoms with Gasteiger partial charge in [-0.25, -0.2) is 4.98 Å². The van der Waals surface area contributed by atoms with Gasteiger partial charge in [0.25, 0.3) is 5.91 Å². The lowest BCUT2D eigenvalue weighted by molar-refractivity contribution is -0.112. The van der Waals surface area contributed by atoms with E-state index in [-0.39, 0.29) is 11.9 Å². The number of carbonyl (C=O) groups is 1. The van der Waals surface area contributed by atoms with Gasteiger partial charge in [0.1, 0.15) is 11.5 Å². The number of nitrogens with one attached hydrogen (secondary N) is 1. The Kier molecular flexibility index (Phi) is 4.76. The maximum atomic E-state index is 12.7. The Labute approximate surface area is 163 Å². The maximum Gasteiger partial charge on any atom is 0.254 e. The third kappa shape index (κ3) is 3.86. The number of aryl methyl sites for hydroxylation is 2. The van der Waals surface area contributed by atoms with E-state index in [0.29, 0.717) is 29.3 Å². The summed E-state index contributed by atoms with van der Waals surface area (Å²) in [6.07, 6.45) is 6.08. The Morgan fingerprint density at radius 1 is 0.964 bits per heavy atom. The van der Waals surface area contributed by atoms with Crippen molar-refractivity contribution in [3.63, 3.8) is 0 Å². The minimum absolute atomic E-state index is 0.212. The van der Waals surface area contributed by atoms with Gasteiger partial charge in [-0.15, -0.1) is 0 Å². The van der Waals surface area contributed by atoms with Crippen molar-refractivity contribution in [2.24, 2.45) is 0 Å². The quantitative estimate of drug-likeness (QED) is 0.754. The number of hydrogen-bond donors (Lipinski definition) is 1. The van der Waals surface area contributed by atoms with Crippen LogP contribution in [-0.4, -0.2) is 25.8 Å². The molecule has 2 heterocycles. The number of anilines is 1. The van der Waals surface area contributed by atoms with Crippen LogP contribution in [0.15, 0.2) is 66.4 Å². The zero-order valence-corrected chi connectivity index (χ0v) is 15.7. The smallest absolute Gasteiger partial charge is 0.254 e. The van der Waals surface area contributed by atoms with E-state index in [1.165, 1.54) is 5.56 Å². The van der Waals surface area contributed by atoms with Gasteiger partial charge in [0.05, 0.1) is 0 Å². The molecule has 3 aromatic rings. The normalized spacial score (nSPS) is 13.1. The molecule has 0 radical (unpaired) electrons. The summed E-state index contributed by atoms with van der Waals surface area (Å²) >= 11 is 0. The SMILES string of the molecule is Cc1ccc(C2=CC=C(C(=O)Nc3nc(C)nc(-c4ccccn4)n3)C2)cc1. The van der Waals surface area contributed by atoms with Crippen LogP contribution in [0.4, 0.5) is 5.95 Å². The van der Waals surface area contributed by atoms with Gasteiger partial charge in [-0.3, -0.25) is 15.1 Å². The van der Waals surface area contributed by atoms with Gasteiger partial charge in [0.2, 0.25) is 5.95 Å². The molecule has 0 atom stereocenters. The number of nitrogens with zero attached hydrogens (tertiary/aromatic N) is 4. The monoisotopic (exact) mass is 369 g/mol. The van der Waals surface area contributed by atoms with Gasteiger partial charge < -0.3 is 0 Å². The number of rotatable bonds is 4. The Bertz CT molecular complexity index is 1090. The summed E-state index contributed by atoms with van der Waals surface area (Å²) in [5.41, 5.74) is 4.76. The molecule has 1 N–H and O–H groups in total. The highest BCUT2D eigenvalue weighted by atomic mass is 16.1. The van der Waals surface area contributed by atoms with Crippen LogP contribution in [0.2, 0.25) is 0 Å². The molecule has 138 valence electrons. The fourth-order valence-corrected chi connectivity index (χ4v) is 2.98. The van der Waals surface area contributed by atoms with Gasteiger partial charge in [-0.1, -0.05) is 48.0 Å². The predicted octanol–water partition coefficient (Wildman–Crippen LogP) is 3.90. The number of hydrogen-bond acceptors (Lipinski definition) is 5. The fraction of sp³-hybridized carbons (Fsp3) is 0.136. The largest absolute Gasteiger partial charge is 0.291 e. The topological polar surface area (TPSA) is 80.7 Å². The van der Waals surface area contributed by atoms with Crippen LogP contribution in [0.1, 0.15) is 23.4 Å². The molecule has 1 aromatic carbocycles. The molecule has 0 spiro atoms. The van der Waals surface area contributed by atoms with Crippen LogP contribution < -0.4 is 5.32 Å². The molecule has 2 aromatic heterocycles. The first-order chi connectivity index (χ1) is 13.6. The summed E-state index contributed by atoms with van der Waals surface area (Å²) < 4.78 is 0. The van der Waals surface area contributed by atoms with Crippen molar-refractivity contribution in [2.75, 3.05) is 5.32 Å². The van der Waals surface area contributed by atoms with Crippen molar-refractivity contribution in [1.82, 2.24) is 19.9 Å².